The Balaban J connectivity index is 2.96. The van der Waals surface area contributed by atoms with Crippen LogP contribution in [-0.4, -0.2) is 19.0 Å². The molecule has 0 radical (unpaired) electrons. The molecule has 0 saturated heterocycles. The van der Waals surface area contributed by atoms with Gasteiger partial charge in [-0.25, -0.2) is 9.18 Å². The van der Waals surface area contributed by atoms with Gasteiger partial charge < -0.3 is 10.1 Å². The second-order valence-corrected chi connectivity index (χ2v) is 3.21. The number of hydrogen-bond donors (Lipinski definition) is 1. The van der Waals surface area contributed by atoms with Gasteiger partial charge in [0.25, 0.3) is 0 Å². The van der Waals surface area contributed by atoms with E-state index in [2.05, 4.69) is 10.1 Å². The predicted molar refractivity (Wildman–Crippen MR) is 55.0 cm³/mol. The number of halogens is 1. The first-order valence-electron chi connectivity index (χ1n) is 4.65. The topological polar surface area (TPSA) is 55.4 Å². The second-order valence-electron chi connectivity index (χ2n) is 3.21. The Kier molecular flexibility index (Phi) is 3.99. The second kappa shape index (κ2) is 5.25. The van der Waals surface area contributed by atoms with Crippen LogP contribution in [0.4, 0.5) is 4.39 Å². The van der Waals surface area contributed by atoms with Crippen LogP contribution in [0.25, 0.3) is 0 Å². The summed E-state index contributed by atoms with van der Waals surface area (Å²) in [6, 6.07) is 4.38. The molecule has 86 valence electrons. The van der Waals surface area contributed by atoms with Crippen molar-refractivity contribution in [3.05, 3.63) is 35.6 Å². The molecule has 16 heavy (non-hydrogen) atoms. The largest absolute Gasteiger partial charge is 0.467 e. The molecule has 0 spiro atoms. The first kappa shape index (κ1) is 12.2. The van der Waals surface area contributed by atoms with E-state index in [0.29, 0.717) is 5.56 Å². The lowest BCUT2D eigenvalue weighted by molar-refractivity contribution is -0.145. The highest BCUT2D eigenvalue weighted by molar-refractivity contribution is 5.84. The fourth-order valence-corrected chi connectivity index (χ4v) is 1.25. The molecule has 0 aliphatic rings. The van der Waals surface area contributed by atoms with Gasteiger partial charge in [0.1, 0.15) is 5.82 Å². The van der Waals surface area contributed by atoms with Crippen molar-refractivity contribution in [1.82, 2.24) is 5.32 Å². The molecule has 1 atom stereocenters. The van der Waals surface area contributed by atoms with E-state index in [1.165, 1.54) is 38.3 Å². The number of nitrogens with one attached hydrogen (secondary N) is 1. The Morgan fingerprint density at radius 1 is 1.31 bits per heavy atom. The molecular weight excluding hydrogens is 213 g/mol. The summed E-state index contributed by atoms with van der Waals surface area (Å²) in [5, 5.41) is 2.43. The number of carbonyl (C=O) groups is 2. The molecular formula is C11H12FNO3. The highest BCUT2D eigenvalue weighted by atomic mass is 19.1. The summed E-state index contributed by atoms with van der Waals surface area (Å²) in [5.41, 5.74) is 0.475. The molecule has 1 amide bonds. The molecule has 0 saturated carbocycles. The first-order chi connectivity index (χ1) is 7.54. The Hall–Kier alpha value is -1.91. The molecule has 0 bridgehead atoms. The Bertz CT molecular complexity index is 389. The fraction of sp³-hybridized carbons (Fsp3) is 0.273. The van der Waals surface area contributed by atoms with E-state index < -0.39 is 17.8 Å². The standard InChI is InChI=1S/C11H12FNO3/c1-7(14)13-10(11(15)16-2)8-3-5-9(12)6-4-8/h3-6,10H,1-2H3,(H,13,14). The van der Waals surface area contributed by atoms with E-state index in [1.54, 1.807) is 0 Å². The Morgan fingerprint density at radius 2 is 1.88 bits per heavy atom. The van der Waals surface area contributed by atoms with E-state index in [0.717, 1.165) is 0 Å². The van der Waals surface area contributed by atoms with Crippen LogP contribution in [0.5, 0.6) is 0 Å². The van der Waals surface area contributed by atoms with Gasteiger partial charge in [-0.2, -0.15) is 0 Å². The van der Waals surface area contributed by atoms with Crippen molar-refractivity contribution >= 4 is 11.9 Å². The van der Waals surface area contributed by atoms with Crippen molar-refractivity contribution in [3.63, 3.8) is 0 Å². The van der Waals surface area contributed by atoms with Gasteiger partial charge in [-0.1, -0.05) is 12.1 Å². The monoisotopic (exact) mass is 225 g/mol. The van der Waals surface area contributed by atoms with Crippen molar-refractivity contribution in [2.75, 3.05) is 7.11 Å². The van der Waals surface area contributed by atoms with E-state index in [4.69, 9.17) is 0 Å². The lowest BCUT2D eigenvalue weighted by Gasteiger charge is -2.15. The molecule has 1 aromatic rings. The third-order valence-corrected chi connectivity index (χ3v) is 1.99. The van der Waals surface area contributed by atoms with Gasteiger partial charge in [0, 0.05) is 6.92 Å². The maximum Gasteiger partial charge on any atom is 0.333 e. The molecule has 1 aromatic carbocycles. The molecule has 0 fully saturated rings. The molecule has 0 heterocycles. The van der Waals surface area contributed by atoms with Crippen LogP contribution in [0.15, 0.2) is 24.3 Å². The van der Waals surface area contributed by atoms with Crippen LogP contribution in [-0.2, 0) is 14.3 Å². The minimum absolute atomic E-state index is 0.361. The van der Waals surface area contributed by atoms with Gasteiger partial charge in [0.2, 0.25) is 5.91 Å². The van der Waals surface area contributed by atoms with Crippen molar-refractivity contribution < 1.29 is 18.7 Å². The van der Waals surface area contributed by atoms with Gasteiger partial charge in [-0.15, -0.1) is 0 Å². The number of methoxy groups -OCH3 is 1. The third-order valence-electron chi connectivity index (χ3n) is 1.99. The van der Waals surface area contributed by atoms with E-state index in [-0.39, 0.29) is 5.91 Å². The van der Waals surface area contributed by atoms with Crippen molar-refractivity contribution in [3.8, 4) is 0 Å². The molecule has 0 aliphatic heterocycles. The van der Waals surface area contributed by atoms with E-state index in [1.807, 2.05) is 0 Å². The van der Waals surface area contributed by atoms with Crippen molar-refractivity contribution in [2.24, 2.45) is 0 Å². The molecule has 1 unspecified atom stereocenters. The van der Waals surface area contributed by atoms with E-state index >= 15 is 0 Å². The van der Waals surface area contributed by atoms with Gasteiger partial charge in [0.05, 0.1) is 7.11 Å². The maximum absolute atomic E-state index is 12.7. The molecule has 5 heteroatoms. The SMILES string of the molecule is COC(=O)C(NC(C)=O)c1ccc(F)cc1. The predicted octanol–water partition coefficient (Wildman–Crippen LogP) is 1.18. The lowest BCUT2D eigenvalue weighted by Crippen LogP contribution is -2.32. The number of amides is 1. The summed E-state index contributed by atoms with van der Waals surface area (Å²) in [7, 11) is 1.22. The van der Waals surface area contributed by atoms with Crippen LogP contribution in [0.2, 0.25) is 0 Å². The van der Waals surface area contributed by atoms with Gasteiger partial charge in [0.15, 0.2) is 6.04 Å². The maximum atomic E-state index is 12.7. The molecule has 1 N–H and O–H groups in total. The summed E-state index contributed by atoms with van der Waals surface area (Å²) in [6.45, 7) is 1.29. The third kappa shape index (κ3) is 3.05. The highest BCUT2D eigenvalue weighted by Crippen LogP contribution is 2.15. The van der Waals surface area contributed by atoms with Crippen molar-refractivity contribution in [2.45, 2.75) is 13.0 Å². The molecule has 0 aliphatic carbocycles. The normalized spacial score (nSPS) is 11.7. The Labute approximate surface area is 92.4 Å². The summed E-state index contributed by atoms with van der Waals surface area (Å²) in [4.78, 5) is 22.3. The number of ether oxygens (including phenoxy) is 1. The summed E-state index contributed by atoms with van der Waals surface area (Å²) in [5.74, 6) is -1.36. The number of hydrogen-bond acceptors (Lipinski definition) is 3. The Morgan fingerprint density at radius 3 is 2.31 bits per heavy atom. The van der Waals surface area contributed by atoms with Gasteiger partial charge in [-0.3, -0.25) is 4.79 Å². The number of carbonyl (C=O) groups excluding carboxylic acids is 2. The number of esters is 1. The van der Waals surface area contributed by atoms with Crippen LogP contribution in [0.3, 0.4) is 0 Å². The summed E-state index contributed by atoms with van der Waals surface area (Å²) >= 11 is 0. The van der Waals surface area contributed by atoms with Crippen LogP contribution in [0, 0.1) is 5.82 Å². The van der Waals surface area contributed by atoms with Gasteiger partial charge >= 0.3 is 5.97 Å². The summed E-state index contributed by atoms with van der Waals surface area (Å²) < 4.78 is 17.2. The smallest absolute Gasteiger partial charge is 0.333 e. The number of benzene rings is 1. The minimum Gasteiger partial charge on any atom is -0.467 e. The van der Waals surface area contributed by atoms with Gasteiger partial charge in [-0.05, 0) is 17.7 Å². The first-order valence-corrected chi connectivity index (χ1v) is 4.65. The average Bonchev–Trinajstić information content (AvgIpc) is 2.26. The quantitative estimate of drug-likeness (QED) is 0.786. The van der Waals surface area contributed by atoms with Crippen LogP contribution < -0.4 is 5.32 Å². The lowest BCUT2D eigenvalue weighted by atomic mass is 10.1. The zero-order chi connectivity index (χ0) is 12.1. The van der Waals surface area contributed by atoms with Crippen LogP contribution >= 0.6 is 0 Å². The zero-order valence-electron chi connectivity index (χ0n) is 8.99. The highest BCUT2D eigenvalue weighted by Gasteiger charge is 2.21. The zero-order valence-corrected chi connectivity index (χ0v) is 8.99. The minimum atomic E-state index is -0.900. The summed E-state index contributed by atoms with van der Waals surface area (Å²) in [6.07, 6.45) is 0. The van der Waals surface area contributed by atoms with Crippen LogP contribution in [0.1, 0.15) is 18.5 Å². The average molecular weight is 225 g/mol. The fourth-order valence-electron chi connectivity index (χ4n) is 1.25. The molecule has 0 aromatic heterocycles. The molecule has 1 rings (SSSR count). The molecule has 4 nitrogen and oxygen atoms in total. The van der Waals surface area contributed by atoms with E-state index in [9.17, 15) is 14.0 Å². The number of rotatable bonds is 3. The van der Waals surface area contributed by atoms with Crippen molar-refractivity contribution in [1.29, 1.82) is 0 Å².